The summed E-state index contributed by atoms with van der Waals surface area (Å²) in [6, 6.07) is 0. The lowest BCUT2D eigenvalue weighted by molar-refractivity contribution is 0.0263. The van der Waals surface area contributed by atoms with Gasteiger partial charge in [-0.1, -0.05) is 11.8 Å². The smallest absolute Gasteiger partial charge is 0.410 e. The molecular formula is C21H30N4O2S2. The number of thiophene rings is 1. The van der Waals surface area contributed by atoms with Crippen molar-refractivity contribution < 1.29 is 9.53 Å². The second-order valence-electron chi connectivity index (χ2n) is 8.73. The van der Waals surface area contributed by atoms with Gasteiger partial charge in [0.1, 0.15) is 16.2 Å². The molecule has 0 unspecified atom stereocenters. The maximum atomic E-state index is 12.5. The Morgan fingerprint density at radius 3 is 2.62 bits per heavy atom. The highest BCUT2D eigenvalue weighted by molar-refractivity contribution is 7.98. The largest absolute Gasteiger partial charge is 0.444 e. The minimum absolute atomic E-state index is 0.218. The maximum Gasteiger partial charge on any atom is 0.410 e. The highest BCUT2D eigenvalue weighted by atomic mass is 32.2. The van der Waals surface area contributed by atoms with Crippen molar-refractivity contribution in [2.75, 3.05) is 37.3 Å². The second-order valence-corrected chi connectivity index (χ2v) is 10.6. The SMILES string of the molecule is CSc1nc(N2CCCN(C(=O)OC(C)(C)C)CC2)c2c3c(sc2n1)CCCC3. The van der Waals surface area contributed by atoms with Gasteiger partial charge in [-0.05, 0) is 64.7 Å². The first-order chi connectivity index (χ1) is 13.9. The molecule has 2 aliphatic rings. The molecule has 6 nitrogen and oxygen atoms in total. The number of hydrogen-bond donors (Lipinski definition) is 0. The summed E-state index contributed by atoms with van der Waals surface area (Å²) in [7, 11) is 0. The molecule has 1 fully saturated rings. The Kier molecular flexibility index (Phi) is 5.93. The minimum Gasteiger partial charge on any atom is -0.444 e. The van der Waals surface area contributed by atoms with Crippen molar-refractivity contribution in [3.05, 3.63) is 10.4 Å². The van der Waals surface area contributed by atoms with E-state index in [9.17, 15) is 4.79 Å². The van der Waals surface area contributed by atoms with Crippen LogP contribution in [0.1, 0.15) is 50.5 Å². The molecule has 2 aromatic heterocycles. The summed E-state index contributed by atoms with van der Waals surface area (Å²) in [5.41, 5.74) is 0.998. The van der Waals surface area contributed by atoms with Crippen molar-refractivity contribution in [1.29, 1.82) is 0 Å². The van der Waals surface area contributed by atoms with E-state index in [4.69, 9.17) is 14.7 Å². The van der Waals surface area contributed by atoms with Crippen molar-refractivity contribution in [3.8, 4) is 0 Å². The molecule has 1 saturated heterocycles. The number of ether oxygens (including phenoxy) is 1. The molecule has 1 amide bonds. The van der Waals surface area contributed by atoms with E-state index in [0.717, 1.165) is 54.7 Å². The summed E-state index contributed by atoms with van der Waals surface area (Å²) < 4.78 is 5.58. The fraction of sp³-hybridized carbons (Fsp3) is 0.667. The molecule has 2 aromatic rings. The summed E-state index contributed by atoms with van der Waals surface area (Å²) in [4.78, 5) is 29.1. The number of carbonyl (C=O) groups is 1. The van der Waals surface area contributed by atoms with E-state index < -0.39 is 5.60 Å². The fourth-order valence-corrected chi connectivity index (χ4v) is 5.75. The zero-order valence-electron chi connectivity index (χ0n) is 17.8. The average molecular weight is 435 g/mol. The number of rotatable bonds is 2. The Hall–Kier alpha value is -1.54. The lowest BCUT2D eigenvalue weighted by Crippen LogP contribution is -2.39. The normalized spacial score (nSPS) is 17.9. The summed E-state index contributed by atoms with van der Waals surface area (Å²) in [5, 5.41) is 2.09. The lowest BCUT2D eigenvalue weighted by Gasteiger charge is -2.27. The Morgan fingerprint density at radius 1 is 1.07 bits per heavy atom. The summed E-state index contributed by atoms with van der Waals surface area (Å²) >= 11 is 3.45. The van der Waals surface area contributed by atoms with Crippen molar-refractivity contribution in [2.45, 2.75) is 63.6 Å². The fourth-order valence-electron chi connectivity index (χ4n) is 4.08. The van der Waals surface area contributed by atoms with Crippen LogP contribution in [-0.4, -0.2) is 59.0 Å². The van der Waals surface area contributed by atoms with Crippen LogP contribution in [0.3, 0.4) is 0 Å². The number of anilines is 1. The van der Waals surface area contributed by atoms with Crippen molar-refractivity contribution in [3.63, 3.8) is 0 Å². The number of thioether (sulfide) groups is 1. The molecule has 0 atom stereocenters. The molecule has 8 heteroatoms. The lowest BCUT2D eigenvalue weighted by atomic mass is 9.97. The summed E-state index contributed by atoms with van der Waals surface area (Å²) in [6.45, 7) is 8.77. The Balaban J connectivity index is 1.62. The van der Waals surface area contributed by atoms with Gasteiger partial charge < -0.3 is 14.5 Å². The molecule has 29 heavy (non-hydrogen) atoms. The Morgan fingerprint density at radius 2 is 1.86 bits per heavy atom. The number of amides is 1. The van der Waals surface area contributed by atoms with Crippen molar-refractivity contribution >= 4 is 45.2 Å². The third kappa shape index (κ3) is 4.48. The van der Waals surface area contributed by atoms with Gasteiger partial charge in [0.15, 0.2) is 5.16 Å². The first-order valence-corrected chi connectivity index (χ1v) is 12.5. The van der Waals surface area contributed by atoms with Crippen molar-refractivity contribution in [1.82, 2.24) is 14.9 Å². The van der Waals surface area contributed by atoms with Crippen molar-refractivity contribution in [2.24, 2.45) is 0 Å². The van der Waals surface area contributed by atoms with Gasteiger partial charge in [-0.2, -0.15) is 0 Å². The first kappa shape index (κ1) is 20.7. The van der Waals surface area contributed by atoms with Crippen LogP contribution in [0.4, 0.5) is 10.6 Å². The monoisotopic (exact) mass is 434 g/mol. The molecule has 0 spiro atoms. The van der Waals surface area contributed by atoms with Crippen LogP contribution in [0.5, 0.6) is 0 Å². The molecule has 0 bridgehead atoms. The van der Waals surface area contributed by atoms with Gasteiger partial charge in [0.25, 0.3) is 0 Å². The zero-order chi connectivity index (χ0) is 20.6. The quantitative estimate of drug-likeness (QED) is 0.503. The van der Waals surface area contributed by atoms with E-state index in [1.54, 1.807) is 11.8 Å². The molecule has 1 aliphatic heterocycles. The van der Waals surface area contributed by atoms with E-state index in [2.05, 4.69) is 4.90 Å². The van der Waals surface area contributed by atoms with Gasteiger partial charge in [0.05, 0.1) is 5.39 Å². The van der Waals surface area contributed by atoms with Gasteiger partial charge >= 0.3 is 6.09 Å². The molecule has 1 aliphatic carbocycles. The number of aryl methyl sites for hydroxylation is 2. The number of aromatic nitrogens is 2. The van der Waals surface area contributed by atoms with E-state index in [1.165, 1.54) is 28.7 Å². The van der Waals surface area contributed by atoms with Crippen LogP contribution in [0, 0.1) is 0 Å². The van der Waals surface area contributed by atoms with Crippen LogP contribution in [0.25, 0.3) is 10.2 Å². The van der Waals surface area contributed by atoms with E-state index in [1.807, 2.05) is 43.3 Å². The standard InChI is InChI=1S/C21H30N4O2S2/c1-21(2,3)27-20(26)25-11-7-10-24(12-13-25)17-16-14-8-5-6-9-15(14)29-18(16)23-19(22-17)28-4/h5-13H2,1-4H3. The third-order valence-corrected chi connectivity index (χ3v) is 7.14. The number of fused-ring (bicyclic) bond motifs is 3. The number of carbonyl (C=O) groups excluding carboxylic acids is 1. The van der Waals surface area contributed by atoms with Gasteiger partial charge in [-0.25, -0.2) is 14.8 Å². The topological polar surface area (TPSA) is 58.6 Å². The predicted octanol–water partition coefficient (Wildman–Crippen LogP) is 4.74. The molecule has 4 rings (SSSR count). The van der Waals surface area contributed by atoms with Gasteiger partial charge in [-0.3, -0.25) is 0 Å². The first-order valence-electron chi connectivity index (χ1n) is 10.4. The van der Waals surface area contributed by atoms with Gasteiger partial charge in [0.2, 0.25) is 0 Å². The van der Waals surface area contributed by atoms with E-state index in [0.29, 0.717) is 6.54 Å². The van der Waals surface area contributed by atoms with Crippen LogP contribution in [0.15, 0.2) is 5.16 Å². The number of nitrogens with zero attached hydrogens (tertiary/aromatic N) is 4. The molecule has 0 radical (unpaired) electrons. The van der Waals surface area contributed by atoms with E-state index >= 15 is 0 Å². The van der Waals surface area contributed by atoms with Gasteiger partial charge in [0, 0.05) is 31.1 Å². The molecule has 158 valence electrons. The highest BCUT2D eigenvalue weighted by Crippen LogP contribution is 2.40. The highest BCUT2D eigenvalue weighted by Gasteiger charge is 2.28. The molecule has 0 N–H and O–H groups in total. The van der Waals surface area contributed by atoms with Crippen LogP contribution >= 0.6 is 23.1 Å². The van der Waals surface area contributed by atoms with Gasteiger partial charge in [-0.15, -0.1) is 11.3 Å². The van der Waals surface area contributed by atoms with Crippen LogP contribution < -0.4 is 4.90 Å². The third-order valence-electron chi connectivity index (χ3n) is 5.40. The van der Waals surface area contributed by atoms with Crippen LogP contribution in [-0.2, 0) is 17.6 Å². The number of hydrogen-bond acceptors (Lipinski definition) is 7. The second kappa shape index (κ2) is 8.30. The summed E-state index contributed by atoms with van der Waals surface area (Å²) in [6.07, 6.45) is 7.53. The average Bonchev–Trinajstić information content (AvgIpc) is 2.86. The minimum atomic E-state index is -0.467. The Labute approximate surface area is 181 Å². The Bertz CT molecular complexity index is 906. The zero-order valence-corrected chi connectivity index (χ0v) is 19.4. The molecular weight excluding hydrogens is 404 g/mol. The molecule has 0 saturated carbocycles. The summed E-state index contributed by atoms with van der Waals surface area (Å²) in [5.74, 6) is 1.06. The molecule has 3 heterocycles. The van der Waals surface area contributed by atoms with E-state index in [-0.39, 0.29) is 6.09 Å². The predicted molar refractivity (Wildman–Crippen MR) is 120 cm³/mol. The molecule has 0 aromatic carbocycles. The van der Waals surface area contributed by atoms with Crippen LogP contribution in [0.2, 0.25) is 0 Å². The maximum absolute atomic E-state index is 12.5.